The van der Waals surface area contributed by atoms with Crippen molar-refractivity contribution in [2.24, 2.45) is 0 Å². The number of anilines is 1. The van der Waals surface area contributed by atoms with Crippen molar-refractivity contribution in [2.45, 2.75) is 34.2 Å². The molecular weight excluding hydrogens is 332 g/mol. The van der Waals surface area contributed by atoms with E-state index in [1.807, 2.05) is 12.3 Å². The third-order valence-corrected chi connectivity index (χ3v) is 5.29. The molecule has 0 amide bonds. The van der Waals surface area contributed by atoms with Gasteiger partial charge in [0.15, 0.2) is 5.65 Å². The average molecular weight is 356 g/mol. The fourth-order valence-electron chi connectivity index (χ4n) is 3.50. The summed E-state index contributed by atoms with van der Waals surface area (Å²) in [7, 11) is 0. The highest BCUT2D eigenvalue weighted by Gasteiger charge is 2.12. The number of pyridine rings is 2. The van der Waals surface area contributed by atoms with Gasteiger partial charge in [0.2, 0.25) is 0 Å². The van der Waals surface area contributed by atoms with Crippen LogP contribution in [0.5, 0.6) is 0 Å². The lowest BCUT2D eigenvalue weighted by Crippen LogP contribution is -2.05. The van der Waals surface area contributed by atoms with E-state index >= 15 is 0 Å². The van der Waals surface area contributed by atoms with Gasteiger partial charge in [0.1, 0.15) is 0 Å². The molecule has 4 rings (SSSR count). The van der Waals surface area contributed by atoms with Crippen LogP contribution < -0.4 is 5.32 Å². The highest BCUT2D eigenvalue weighted by atomic mass is 15.1. The van der Waals surface area contributed by atoms with E-state index in [-0.39, 0.29) is 0 Å². The second-order valence-electron chi connectivity index (χ2n) is 7.08. The van der Waals surface area contributed by atoms with E-state index in [2.05, 4.69) is 78.9 Å². The maximum Gasteiger partial charge on any atom is 0.160 e. The Morgan fingerprint density at radius 2 is 1.74 bits per heavy atom. The van der Waals surface area contributed by atoms with Crippen LogP contribution in [0.15, 0.2) is 55.0 Å². The van der Waals surface area contributed by atoms with E-state index in [1.54, 1.807) is 6.20 Å². The Morgan fingerprint density at radius 1 is 0.963 bits per heavy atom. The first-order chi connectivity index (χ1) is 13.0. The van der Waals surface area contributed by atoms with Crippen molar-refractivity contribution in [3.63, 3.8) is 0 Å². The predicted molar refractivity (Wildman–Crippen MR) is 111 cm³/mol. The lowest BCUT2D eigenvalue weighted by Gasteiger charge is -2.14. The second kappa shape index (κ2) is 6.88. The van der Waals surface area contributed by atoms with Gasteiger partial charge in [-0.25, -0.2) is 4.98 Å². The molecule has 0 aliphatic heterocycles. The molecule has 0 aliphatic rings. The summed E-state index contributed by atoms with van der Waals surface area (Å²) in [6.07, 6.45) is 5.84. The van der Waals surface area contributed by atoms with E-state index in [0.29, 0.717) is 0 Å². The molecule has 0 fully saturated rings. The molecule has 136 valence electrons. The summed E-state index contributed by atoms with van der Waals surface area (Å²) in [5.74, 6) is 0. The zero-order chi connectivity index (χ0) is 19.0. The van der Waals surface area contributed by atoms with Gasteiger partial charge in [-0.2, -0.15) is 0 Å². The summed E-state index contributed by atoms with van der Waals surface area (Å²) in [6.45, 7) is 9.26. The number of hydrogen-bond acceptors (Lipinski definition) is 3. The molecule has 4 heteroatoms. The molecule has 3 aromatic heterocycles. The van der Waals surface area contributed by atoms with Crippen molar-refractivity contribution in [2.75, 3.05) is 5.32 Å². The van der Waals surface area contributed by atoms with Gasteiger partial charge in [0.25, 0.3) is 0 Å². The summed E-state index contributed by atoms with van der Waals surface area (Å²) < 4.78 is 2.17. The van der Waals surface area contributed by atoms with Crippen molar-refractivity contribution in [1.82, 2.24) is 14.4 Å². The van der Waals surface area contributed by atoms with Gasteiger partial charge < -0.3 is 9.72 Å². The van der Waals surface area contributed by atoms with Crippen LogP contribution in [0.1, 0.15) is 28.1 Å². The Hall–Kier alpha value is -3.14. The quantitative estimate of drug-likeness (QED) is 0.543. The van der Waals surface area contributed by atoms with E-state index in [0.717, 1.165) is 40.4 Å². The fourth-order valence-corrected chi connectivity index (χ4v) is 3.50. The summed E-state index contributed by atoms with van der Waals surface area (Å²) in [4.78, 5) is 9.06. The minimum atomic E-state index is 0.773. The number of hydrogen-bond donors (Lipinski definition) is 1. The first-order valence-electron chi connectivity index (χ1n) is 9.23. The summed E-state index contributed by atoms with van der Waals surface area (Å²) in [5, 5.41) is 3.63. The number of aryl methyl sites for hydroxylation is 4. The van der Waals surface area contributed by atoms with Crippen molar-refractivity contribution in [1.29, 1.82) is 0 Å². The Morgan fingerprint density at radius 3 is 2.44 bits per heavy atom. The van der Waals surface area contributed by atoms with Crippen LogP contribution in [0, 0.1) is 27.7 Å². The molecule has 0 unspecified atom stereocenters. The van der Waals surface area contributed by atoms with Gasteiger partial charge in [-0.05, 0) is 56.5 Å². The van der Waals surface area contributed by atoms with Crippen LogP contribution in [0.2, 0.25) is 0 Å². The summed E-state index contributed by atoms with van der Waals surface area (Å²) >= 11 is 0. The number of benzene rings is 1. The molecule has 0 spiro atoms. The molecule has 1 N–H and O–H groups in total. The molecule has 0 atom stereocenters. The first-order valence-corrected chi connectivity index (χ1v) is 9.23. The highest BCUT2D eigenvalue weighted by Crippen LogP contribution is 2.28. The largest absolute Gasteiger partial charge is 0.378 e. The van der Waals surface area contributed by atoms with E-state index in [1.165, 1.54) is 16.7 Å². The Bertz CT molecular complexity index is 1090. The third kappa shape index (κ3) is 3.19. The number of nitrogens with zero attached hydrogens (tertiary/aromatic N) is 3. The van der Waals surface area contributed by atoms with Crippen molar-refractivity contribution < 1.29 is 0 Å². The van der Waals surface area contributed by atoms with Crippen molar-refractivity contribution in [3.05, 3.63) is 83.1 Å². The van der Waals surface area contributed by atoms with Crippen LogP contribution >= 0.6 is 0 Å². The Balaban J connectivity index is 1.80. The summed E-state index contributed by atoms with van der Waals surface area (Å²) in [6, 6.07) is 12.7. The Kier molecular flexibility index (Phi) is 4.40. The average Bonchev–Trinajstić information content (AvgIpc) is 2.96. The van der Waals surface area contributed by atoms with Gasteiger partial charge in [0, 0.05) is 42.0 Å². The van der Waals surface area contributed by atoms with Gasteiger partial charge >= 0.3 is 0 Å². The second-order valence-corrected chi connectivity index (χ2v) is 7.08. The molecule has 4 nitrogen and oxygen atoms in total. The molecule has 0 bridgehead atoms. The number of rotatable bonds is 4. The molecule has 1 aromatic carbocycles. The molecular formula is C23H24N4. The molecule has 0 radical (unpaired) electrons. The number of nitrogens with one attached hydrogen (secondary N) is 1. The predicted octanol–water partition coefficient (Wildman–Crippen LogP) is 5.24. The fraction of sp³-hybridized carbons (Fsp3) is 0.217. The molecule has 0 aliphatic carbocycles. The minimum absolute atomic E-state index is 0.773. The first kappa shape index (κ1) is 17.3. The molecule has 4 aromatic rings. The van der Waals surface area contributed by atoms with Crippen molar-refractivity contribution in [3.8, 4) is 11.1 Å². The topological polar surface area (TPSA) is 42.2 Å². The molecule has 0 saturated carbocycles. The number of imidazole rings is 1. The smallest absolute Gasteiger partial charge is 0.160 e. The number of fused-ring (bicyclic) bond motifs is 1. The maximum absolute atomic E-state index is 4.79. The van der Waals surface area contributed by atoms with Crippen LogP contribution in [0.3, 0.4) is 0 Å². The van der Waals surface area contributed by atoms with Crippen LogP contribution in [-0.2, 0) is 6.54 Å². The number of aromatic nitrogens is 3. The molecule has 0 saturated heterocycles. The molecule has 27 heavy (non-hydrogen) atoms. The SMILES string of the molecule is Cc1cccc(C)c1CNc1cc(-c2cccnc2)cn2c(C)c(C)nc12. The van der Waals surface area contributed by atoms with E-state index in [4.69, 9.17) is 4.98 Å². The maximum atomic E-state index is 4.79. The normalized spacial score (nSPS) is 11.1. The lowest BCUT2D eigenvalue weighted by molar-refractivity contribution is 1.07. The van der Waals surface area contributed by atoms with Gasteiger partial charge in [-0.3, -0.25) is 4.98 Å². The summed E-state index contributed by atoms with van der Waals surface area (Å²) in [5.41, 5.74) is 10.4. The monoisotopic (exact) mass is 356 g/mol. The zero-order valence-corrected chi connectivity index (χ0v) is 16.2. The molecule has 3 heterocycles. The highest BCUT2D eigenvalue weighted by molar-refractivity contribution is 5.77. The van der Waals surface area contributed by atoms with Crippen LogP contribution in [0.4, 0.5) is 5.69 Å². The van der Waals surface area contributed by atoms with E-state index < -0.39 is 0 Å². The zero-order valence-electron chi connectivity index (χ0n) is 16.2. The van der Waals surface area contributed by atoms with Crippen LogP contribution in [0.25, 0.3) is 16.8 Å². The van der Waals surface area contributed by atoms with Gasteiger partial charge in [0.05, 0.1) is 11.4 Å². The third-order valence-electron chi connectivity index (χ3n) is 5.29. The lowest BCUT2D eigenvalue weighted by atomic mass is 10.0. The van der Waals surface area contributed by atoms with Crippen molar-refractivity contribution >= 4 is 11.3 Å². The minimum Gasteiger partial charge on any atom is -0.378 e. The van der Waals surface area contributed by atoms with Gasteiger partial charge in [-0.1, -0.05) is 24.3 Å². The van der Waals surface area contributed by atoms with Gasteiger partial charge in [-0.15, -0.1) is 0 Å². The van der Waals surface area contributed by atoms with E-state index in [9.17, 15) is 0 Å². The Labute approximate surface area is 159 Å². The van der Waals surface area contributed by atoms with Crippen LogP contribution in [-0.4, -0.2) is 14.4 Å². The standard InChI is InChI=1S/C23H24N4/c1-15-7-5-8-16(2)21(15)13-25-22-11-20(19-9-6-10-24-12-19)14-27-18(4)17(3)26-23(22)27/h5-12,14,25H,13H2,1-4H3.